The molecule has 8 nitrogen and oxygen atoms in total. The van der Waals surface area contributed by atoms with Gasteiger partial charge in [0.15, 0.2) is 6.79 Å². The number of nitrogens with zero attached hydrogens (tertiary/aromatic N) is 1. The number of hydrogen-bond donors (Lipinski definition) is 0. The van der Waals surface area contributed by atoms with Gasteiger partial charge in [0.2, 0.25) is 0 Å². The number of allylic oxidation sites excluding steroid dienone is 3. The minimum atomic E-state index is -1.52. The van der Waals surface area contributed by atoms with Crippen LogP contribution in [0.4, 0.5) is 0 Å². The molecule has 0 fully saturated rings. The number of methoxy groups -OCH3 is 1. The Hall–Kier alpha value is -3.00. The second-order valence-corrected chi connectivity index (χ2v) is 10.9. The van der Waals surface area contributed by atoms with Gasteiger partial charge in [0.05, 0.1) is 28.3 Å². The molecule has 0 bridgehead atoms. The number of quaternary nitrogens is 1. The van der Waals surface area contributed by atoms with Crippen LogP contribution >= 0.6 is 8.60 Å². The van der Waals surface area contributed by atoms with Crippen LogP contribution in [-0.2, 0) is 18.4 Å². The van der Waals surface area contributed by atoms with E-state index in [1.165, 1.54) is 6.08 Å². The fourth-order valence-electron chi connectivity index (χ4n) is 3.85. The van der Waals surface area contributed by atoms with Gasteiger partial charge >= 0.3 is 8.60 Å². The molecule has 0 radical (unpaired) electrons. The summed E-state index contributed by atoms with van der Waals surface area (Å²) >= 11 is 0. The molecule has 0 aromatic heterocycles. The monoisotopic (exact) mass is 542 g/mol. The maximum Gasteiger partial charge on any atom is 0.335 e. The Kier molecular flexibility index (Phi) is 10.6. The molecule has 1 atom stereocenters. The number of likely N-dealkylation sites (N-methyl/N-ethyl adjacent to an activating group) is 1. The number of fused-ring (bicyclic) bond motifs is 1. The van der Waals surface area contributed by atoms with Crippen molar-refractivity contribution in [1.82, 2.24) is 0 Å². The molecule has 204 valence electrons. The first-order valence-electron chi connectivity index (χ1n) is 12.2. The van der Waals surface area contributed by atoms with E-state index in [0.717, 1.165) is 50.9 Å². The second kappa shape index (κ2) is 13.7. The highest BCUT2D eigenvalue weighted by Gasteiger charge is 2.26. The van der Waals surface area contributed by atoms with E-state index in [1.807, 2.05) is 56.3 Å². The average Bonchev–Trinajstić information content (AvgIpc) is 2.88. The fraction of sp³-hybridized carbons (Fsp3) is 0.345. The van der Waals surface area contributed by atoms with Gasteiger partial charge in [-0.25, -0.2) is 0 Å². The first kappa shape index (κ1) is 29.6. The van der Waals surface area contributed by atoms with Crippen LogP contribution < -0.4 is 14.2 Å². The minimum Gasteiger partial charge on any atom is -0.497 e. The lowest BCUT2D eigenvalue weighted by atomic mass is 9.87. The molecular weight excluding hydrogens is 505 g/mol. The highest BCUT2D eigenvalue weighted by Crippen LogP contribution is 2.45. The topological polar surface area (TPSA) is 72.5 Å². The predicted molar refractivity (Wildman–Crippen MR) is 149 cm³/mol. The highest BCUT2D eigenvalue weighted by molar-refractivity contribution is 7.41. The number of aldehydes is 1. The summed E-state index contributed by atoms with van der Waals surface area (Å²) in [7, 11) is 7.94. The number of rotatable bonds is 13. The number of hydrogen-bond acceptors (Lipinski definition) is 7. The number of ether oxygens (including phenoxy) is 3. The summed E-state index contributed by atoms with van der Waals surface area (Å²) in [4.78, 5) is 11.5. The Morgan fingerprint density at radius 1 is 1.00 bits per heavy atom. The zero-order valence-corrected chi connectivity index (χ0v) is 24.0. The van der Waals surface area contributed by atoms with Crippen LogP contribution in [0.15, 0.2) is 66.0 Å². The van der Waals surface area contributed by atoms with Crippen molar-refractivity contribution in [3.63, 3.8) is 0 Å². The van der Waals surface area contributed by atoms with Crippen LogP contribution in [0.1, 0.15) is 23.6 Å². The van der Waals surface area contributed by atoms with Crippen molar-refractivity contribution in [2.45, 2.75) is 13.8 Å². The SMILES string of the molecule is C/C=C\C1=C(c2ccc(OC)cc2C)c2ccc(OCOP(OC)OCC[N+](C)(C)C)cc2O/C1=C/C=O. The maximum atomic E-state index is 11.5. The van der Waals surface area contributed by atoms with Crippen molar-refractivity contribution in [3.05, 3.63) is 82.6 Å². The van der Waals surface area contributed by atoms with Crippen LogP contribution in [0.5, 0.6) is 17.2 Å². The van der Waals surface area contributed by atoms with E-state index >= 15 is 0 Å². The largest absolute Gasteiger partial charge is 0.497 e. The lowest BCUT2D eigenvalue weighted by Gasteiger charge is -2.26. The van der Waals surface area contributed by atoms with Crippen molar-refractivity contribution >= 4 is 20.5 Å². The van der Waals surface area contributed by atoms with Gasteiger partial charge in [-0.05, 0) is 49.2 Å². The molecule has 1 heterocycles. The summed E-state index contributed by atoms with van der Waals surface area (Å²) < 4.78 is 34.8. The van der Waals surface area contributed by atoms with Crippen LogP contribution in [0.2, 0.25) is 0 Å². The van der Waals surface area contributed by atoms with E-state index in [-0.39, 0.29) is 6.79 Å². The molecule has 2 aromatic carbocycles. The predicted octanol–water partition coefficient (Wildman–Crippen LogP) is 5.81. The summed E-state index contributed by atoms with van der Waals surface area (Å²) in [6.45, 7) is 5.24. The summed E-state index contributed by atoms with van der Waals surface area (Å²) in [5.41, 5.74) is 4.69. The number of benzene rings is 2. The number of carbonyl (C=O) groups excluding carboxylic acids is 1. The highest BCUT2D eigenvalue weighted by atomic mass is 31.2. The van der Waals surface area contributed by atoms with Crippen molar-refractivity contribution in [2.24, 2.45) is 0 Å². The average molecular weight is 543 g/mol. The first-order chi connectivity index (χ1) is 18.2. The normalized spacial score (nSPS) is 15.4. The van der Waals surface area contributed by atoms with Gasteiger partial charge in [-0.15, -0.1) is 0 Å². The van der Waals surface area contributed by atoms with E-state index in [2.05, 4.69) is 21.1 Å². The molecule has 9 heteroatoms. The van der Waals surface area contributed by atoms with Gasteiger partial charge in [-0.2, -0.15) is 0 Å². The molecule has 1 aliphatic rings. The molecule has 0 N–H and O–H groups in total. The Balaban J connectivity index is 1.87. The molecular formula is C29H37NO7P+. The lowest BCUT2D eigenvalue weighted by molar-refractivity contribution is -0.870. The fourth-order valence-corrected chi connectivity index (χ4v) is 4.50. The summed E-state index contributed by atoms with van der Waals surface area (Å²) in [5.74, 6) is 2.35. The third-order valence-electron chi connectivity index (χ3n) is 5.72. The molecule has 0 saturated heterocycles. The van der Waals surface area contributed by atoms with Gasteiger partial charge in [0.1, 0.15) is 42.4 Å². The van der Waals surface area contributed by atoms with Gasteiger partial charge in [0, 0.05) is 36.0 Å². The summed E-state index contributed by atoms with van der Waals surface area (Å²) in [5, 5.41) is 0. The number of carbonyl (C=O) groups is 1. The zero-order chi connectivity index (χ0) is 27.7. The minimum absolute atomic E-state index is 0.0517. The quantitative estimate of drug-likeness (QED) is 0.104. The Morgan fingerprint density at radius 3 is 2.37 bits per heavy atom. The Morgan fingerprint density at radius 2 is 1.74 bits per heavy atom. The molecule has 2 aromatic rings. The molecule has 0 amide bonds. The van der Waals surface area contributed by atoms with Crippen molar-refractivity contribution < 1.29 is 37.1 Å². The van der Waals surface area contributed by atoms with Crippen LogP contribution in [0.25, 0.3) is 5.57 Å². The van der Waals surface area contributed by atoms with Crippen LogP contribution in [-0.4, -0.2) is 66.1 Å². The summed E-state index contributed by atoms with van der Waals surface area (Å²) in [6, 6.07) is 11.5. The van der Waals surface area contributed by atoms with E-state index in [9.17, 15) is 4.79 Å². The molecule has 0 saturated carbocycles. The zero-order valence-electron chi connectivity index (χ0n) is 23.1. The van der Waals surface area contributed by atoms with Crippen molar-refractivity contribution in [3.8, 4) is 17.2 Å². The van der Waals surface area contributed by atoms with E-state index in [0.29, 0.717) is 23.9 Å². The van der Waals surface area contributed by atoms with E-state index in [1.54, 1.807) is 20.3 Å². The standard InChI is InChI=1S/C29H37NO7P/c1-8-9-25-27(14-16-31)37-28-19-23(34-20-36-38(33-7)35-17-15-30(3,4)5)11-13-26(28)29(25)24-12-10-22(32-6)18-21(24)2/h8-14,16,18-19H,15,17,20H2,1-7H3/q+1/b9-8-,27-14+. The van der Waals surface area contributed by atoms with Gasteiger partial charge < -0.3 is 27.7 Å². The summed E-state index contributed by atoms with van der Waals surface area (Å²) in [6.07, 6.45) is 6.02. The van der Waals surface area contributed by atoms with Gasteiger partial charge in [-0.3, -0.25) is 9.32 Å². The third kappa shape index (κ3) is 7.76. The maximum absolute atomic E-state index is 11.5. The molecule has 0 spiro atoms. The van der Waals surface area contributed by atoms with Crippen LogP contribution in [0.3, 0.4) is 0 Å². The van der Waals surface area contributed by atoms with Gasteiger partial charge in [0.25, 0.3) is 0 Å². The molecule has 1 aliphatic heterocycles. The van der Waals surface area contributed by atoms with E-state index in [4.69, 9.17) is 27.8 Å². The molecule has 0 aliphatic carbocycles. The first-order valence-corrected chi connectivity index (χ1v) is 13.3. The van der Waals surface area contributed by atoms with Gasteiger partial charge in [-0.1, -0.05) is 18.2 Å². The third-order valence-corrected chi connectivity index (χ3v) is 6.73. The van der Waals surface area contributed by atoms with Crippen LogP contribution in [0, 0.1) is 6.92 Å². The Labute approximate surface area is 226 Å². The Bertz CT molecular complexity index is 1210. The second-order valence-electron chi connectivity index (χ2n) is 9.54. The van der Waals surface area contributed by atoms with Crippen molar-refractivity contribution in [2.75, 3.05) is 55.3 Å². The molecule has 3 rings (SSSR count). The number of aryl methyl sites for hydroxylation is 1. The molecule has 1 unspecified atom stereocenters. The van der Waals surface area contributed by atoms with E-state index < -0.39 is 8.60 Å². The smallest absolute Gasteiger partial charge is 0.335 e. The molecule has 38 heavy (non-hydrogen) atoms. The van der Waals surface area contributed by atoms with Crippen molar-refractivity contribution in [1.29, 1.82) is 0 Å². The lowest BCUT2D eigenvalue weighted by Crippen LogP contribution is -2.37.